The molecule has 0 aromatic carbocycles. The zero-order valence-electron chi connectivity index (χ0n) is 10.8. The molecule has 18 heavy (non-hydrogen) atoms. The van der Waals surface area contributed by atoms with Crippen molar-refractivity contribution >= 4 is 18.3 Å². The molecule has 1 fully saturated rings. The summed E-state index contributed by atoms with van der Waals surface area (Å²) in [4.78, 5) is 11.7. The monoisotopic (exact) mass is 273 g/mol. The molecule has 0 aliphatic carbocycles. The molecule has 1 aromatic rings. The summed E-state index contributed by atoms with van der Waals surface area (Å²) in [5.41, 5.74) is 2.01. The van der Waals surface area contributed by atoms with Gasteiger partial charge in [-0.1, -0.05) is 5.16 Å². The van der Waals surface area contributed by atoms with Gasteiger partial charge in [0.05, 0.1) is 11.7 Å². The third kappa shape index (κ3) is 3.46. The molecule has 1 aromatic heterocycles. The number of amides is 1. The average molecular weight is 274 g/mol. The Bertz CT molecular complexity index is 381. The van der Waals surface area contributed by atoms with Crippen LogP contribution in [0.3, 0.4) is 0 Å². The molecule has 2 N–H and O–H groups in total. The summed E-state index contributed by atoms with van der Waals surface area (Å²) in [6.45, 7) is 5.41. The number of nitrogens with zero attached hydrogens (tertiary/aromatic N) is 1. The van der Waals surface area contributed by atoms with Crippen LogP contribution in [0.15, 0.2) is 4.52 Å². The standard InChI is InChI=1S/C12H19N3O2.ClH/c1-8-10(9(2)17-15-8)5-7-14-12(16)11-4-3-6-13-11;/h11,13H,3-7H2,1-2H3,(H,14,16);1H. The topological polar surface area (TPSA) is 67.2 Å². The zero-order chi connectivity index (χ0) is 12.3. The molecular formula is C12H20ClN3O2. The van der Waals surface area contributed by atoms with Crippen LogP contribution >= 0.6 is 12.4 Å². The molecule has 1 aliphatic heterocycles. The van der Waals surface area contributed by atoms with Gasteiger partial charge in [-0.05, 0) is 39.7 Å². The van der Waals surface area contributed by atoms with Crippen LogP contribution in [0.5, 0.6) is 0 Å². The van der Waals surface area contributed by atoms with Crippen LogP contribution in [0.1, 0.15) is 29.9 Å². The summed E-state index contributed by atoms with van der Waals surface area (Å²) in [5, 5.41) is 10.0. The molecule has 102 valence electrons. The summed E-state index contributed by atoms with van der Waals surface area (Å²) >= 11 is 0. The number of carbonyl (C=O) groups is 1. The maximum Gasteiger partial charge on any atom is 0.237 e. The molecule has 1 aliphatic rings. The molecule has 0 spiro atoms. The molecule has 1 amide bonds. The van der Waals surface area contributed by atoms with Crippen LogP contribution < -0.4 is 10.6 Å². The lowest BCUT2D eigenvalue weighted by Crippen LogP contribution is -2.41. The molecule has 5 nitrogen and oxygen atoms in total. The molecule has 1 atom stereocenters. The van der Waals surface area contributed by atoms with E-state index < -0.39 is 0 Å². The van der Waals surface area contributed by atoms with Gasteiger partial charge >= 0.3 is 0 Å². The second-order valence-corrected chi connectivity index (χ2v) is 4.49. The normalized spacial score (nSPS) is 18.4. The summed E-state index contributed by atoms with van der Waals surface area (Å²) in [5.74, 6) is 0.949. The smallest absolute Gasteiger partial charge is 0.237 e. The highest BCUT2D eigenvalue weighted by Gasteiger charge is 2.21. The number of aryl methyl sites for hydroxylation is 2. The number of carbonyl (C=O) groups excluding carboxylic acids is 1. The third-order valence-electron chi connectivity index (χ3n) is 3.23. The number of hydrogen-bond donors (Lipinski definition) is 2. The van der Waals surface area contributed by atoms with E-state index in [1.807, 2.05) is 13.8 Å². The SMILES string of the molecule is Cc1noc(C)c1CCNC(=O)C1CCCN1.Cl. The summed E-state index contributed by atoms with van der Waals surface area (Å²) in [6.07, 6.45) is 2.80. The first-order chi connectivity index (χ1) is 8.18. The zero-order valence-corrected chi connectivity index (χ0v) is 11.6. The van der Waals surface area contributed by atoms with Gasteiger partial charge in [-0.25, -0.2) is 0 Å². The number of nitrogens with one attached hydrogen (secondary N) is 2. The van der Waals surface area contributed by atoms with Crippen molar-refractivity contribution in [3.05, 3.63) is 17.0 Å². The summed E-state index contributed by atoms with van der Waals surface area (Å²) in [7, 11) is 0. The van der Waals surface area contributed by atoms with Gasteiger partial charge in [0.15, 0.2) is 0 Å². The van der Waals surface area contributed by atoms with Gasteiger partial charge in [0, 0.05) is 12.1 Å². The maximum atomic E-state index is 11.7. The van der Waals surface area contributed by atoms with Crippen molar-refractivity contribution in [2.75, 3.05) is 13.1 Å². The van der Waals surface area contributed by atoms with E-state index in [1.165, 1.54) is 0 Å². The highest BCUT2D eigenvalue weighted by Crippen LogP contribution is 2.12. The Morgan fingerprint density at radius 2 is 2.33 bits per heavy atom. The maximum absolute atomic E-state index is 11.7. The van der Waals surface area contributed by atoms with Crippen molar-refractivity contribution in [2.45, 2.75) is 39.2 Å². The van der Waals surface area contributed by atoms with Gasteiger partial charge in [0.25, 0.3) is 0 Å². The largest absolute Gasteiger partial charge is 0.361 e. The lowest BCUT2D eigenvalue weighted by molar-refractivity contribution is -0.122. The predicted octanol–water partition coefficient (Wildman–Crippen LogP) is 1.12. The Labute approximate surface area is 113 Å². The fourth-order valence-electron chi connectivity index (χ4n) is 2.20. The molecule has 6 heteroatoms. The van der Waals surface area contributed by atoms with Gasteiger partial charge in [-0.3, -0.25) is 4.79 Å². The van der Waals surface area contributed by atoms with Gasteiger partial charge in [0.2, 0.25) is 5.91 Å². The van der Waals surface area contributed by atoms with E-state index in [9.17, 15) is 4.79 Å². The van der Waals surface area contributed by atoms with E-state index >= 15 is 0 Å². The van der Waals surface area contributed by atoms with E-state index in [4.69, 9.17) is 4.52 Å². The Balaban J connectivity index is 0.00000162. The van der Waals surface area contributed by atoms with Gasteiger partial charge in [0.1, 0.15) is 5.76 Å². The Hall–Kier alpha value is -1.07. The van der Waals surface area contributed by atoms with E-state index in [0.717, 1.165) is 42.8 Å². The van der Waals surface area contributed by atoms with Crippen molar-refractivity contribution < 1.29 is 9.32 Å². The first-order valence-corrected chi connectivity index (χ1v) is 6.11. The lowest BCUT2D eigenvalue weighted by atomic mass is 10.1. The quantitative estimate of drug-likeness (QED) is 0.863. The number of hydrogen-bond acceptors (Lipinski definition) is 4. The van der Waals surface area contributed by atoms with E-state index in [2.05, 4.69) is 15.8 Å². The average Bonchev–Trinajstić information content (AvgIpc) is 2.93. The fourth-order valence-corrected chi connectivity index (χ4v) is 2.20. The molecule has 0 saturated carbocycles. The van der Waals surface area contributed by atoms with E-state index in [-0.39, 0.29) is 24.4 Å². The van der Waals surface area contributed by atoms with Crippen molar-refractivity contribution in [3.63, 3.8) is 0 Å². The van der Waals surface area contributed by atoms with Crippen LogP contribution in [0.25, 0.3) is 0 Å². The van der Waals surface area contributed by atoms with E-state index in [1.54, 1.807) is 0 Å². The van der Waals surface area contributed by atoms with Gasteiger partial charge in [-0.2, -0.15) is 0 Å². The van der Waals surface area contributed by atoms with E-state index in [0.29, 0.717) is 6.54 Å². The Morgan fingerprint density at radius 3 is 2.89 bits per heavy atom. The second-order valence-electron chi connectivity index (χ2n) is 4.49. The van der Waals surface area contributed by atoms with Crippen LogP contribution in [-0.4, -0.2) is 30.2 Å². The predicted molar refractivity (Wildman–Crippen MR) is 71.0 cm³/mol. The lowest BCUT2D eigenvalue weighted by Gasteiger charge is -2.10. The highest BCUT2D eigenvalue weighted by atomic mass is 35.5. The molecular weight excluding hydrogens is 254 g/mol. The fraction of sp³-hybridized carbons (Fsp3) is 0.667. The molecule has 1 unspecified atom stereocenters. The van der Waals surface area contributed by atoms with Crippen LogP contribution in [0, 0.1) is 13.8 Å². The number of rotatable bonds is 4. The third-order valence-corrected chi connectivity index (χ3v) is 3.23. The molecule has 2 rings (SSSR count). The molecule has 2 heterocycles. The second kappa shape index (κ2) is 6.75. The first kappa shape index (κ1) is 15.0. The molecule has 0 radical (unpaired) electrons. The van der Waals surface area contributed by atoms with Crippen molar-refractivity contribution in [1.29, 1.82) is 0 Å². The van der Waals surface area contributed by atoms with Crippen LogP contribution in [0.4, 0.5) is 0 Å². The minimum Gasteiger partial charge on any atom is -0.361 e. The molecule has 1 saturated heterocycles. The van der Waals surface area contributed by atoms with Crippen LogP contribution in [0.2, 0.25) is 0 Å². The minimum atomic E-state index is -0.000307. The minimum absolute atomic E-state index is 0. The van der Waals surface area contributed by atoms with Crippen molar-refractivity contribution in [1.82, 2.24) is 15.8 Å². The summed E-state index contributed by atoms with van der Waals surface area (Å²) in [6, 6.07) is -0.000307. The highest BCUT2D eigenvalue weighted by molar-refractivity contribution is 5.85. The Kier molecular flexibility index (Phi) is 5.62. The van der Waals surface area contributed by atoms with Crippen molar-refractivity contribution in [2.24, 2.45) is 0 Å². The van der Waals surface area contributed by atoms with Crippen LogP contribution in [-0.2, 0) is 11.2 Å². The van der Waals surface area contributed by atoms with Gasteiger partial charge < -0.3 is 15.2 Å². The Morgan fingerprint density at radius 1 is 1.56 bits per heavy atom. The van der Waals surface area contributed by atoms with Gasteiger partial charge in [-0.15, -0.1) is 12.4 Å². The number of aromatic nitrogens is 1. The number of halogens is 1. The summed E-state index contributed by atoms with van der Waals surface area (Å²) < 4.78 is 5.08. The molecule has 0 bridgehead atoms. The van der Waals surface area contributed by atoms with Crippen molar-refractivity contribution in [3.8, 4) is 0 Å². The first-order valence-electron chi connectivity index (χ1n) is 6.11.